The van der Waals surface area contributed by atoms with Crippen LogP contribution in [0.2, 0.25) is 0 Å². The maximum Gasteiger partial charge on any atom is 0.416 e. The molecule has 7 nitrogen and oxygen atoms in total. The maximum absolute atomic E-state index is 12.6. The van der Waals surface area contributed by atoms with Crippen LogP contribution in [0.3, 0.4) is 0 Å². The molecule has 0 aliphatic rings. The molecule has 0 spiro atoms. The molecule has 0 bridgehead atoms. The van der Waals surface area contributed by atoms with Gasteiger partial charge in [0, 0.05) is 24.1 Å². The van der Waals surface area contributed by atoms with Crippen LogP contribution in [0.5, 0.6) is 11.6 Å². The number of amides is 1. The fraction of sp³-hybridized carbons (Fsp3) is 0.130. The van der Waals surface area contributed by atoms with Crippen molar-refractivity contribution in [3.8, 4) is 17.4 Å². The molecule has 1 N–H and O–H groups in total. The summed E-state index contributed by atoms with van der Waals surface area (Å²) >= 11 is 0. The summed E-state index contributed by atoms with van der Waals surface area (Å²) in [5.41, 5.74) is 0.253. The average molecular weight is 453 g/mol. The third kappa shape index (κ3) is 5.53. The molecule has 2 aromatic heterocycles. The minimum Gasteiger partial charge on any atom is -0.439 e. The predicted octanol–water partition coefficient (Wildman–Crippen LogP) is 4.96. The zero-order valence-corrected chi connectivity index (χ0v) is 17.4. The van der Waals surface area contributed by atoms with Gasteiger partial charge in [-0.05, 0) is 48.9 Å². The lowest BCUT2D eigenvalue weighted by molar-refractivity contribution is -0.137. The van der Waals surface area contributed by atoms with Crippen LogP contribution in [-0.4, -0.2) is 25.4 Å². The van der Waals surface area contributed by atoms with E-state index in [0.717, 1.165) is 18.0 Å². The summed E-state index contributed by atoms with van der Waals surface area (Å²) < 4.78 is 45.5. The summed E-state index contributed by atoms with van der Waals surface area (Å²) in [4.78, 5) is 24.7. The lowest BCUT2D eigenvalue weighted by atomic mass is 10.1. The molecule has 168 valence electrons. The van der Waals surface area contributed by atoms with Gasteiger partial charge in [-0.2, -0.15) is 13.2 Å². The molecule has 2 aromatic carbocycles. The molecule has 0 fully saturated rings. The largest absolute Gasteiger partial charge is 0.439 e. The molecule has 0 atom stereocenters. The molecule has 0 unspecified atom stereocenters. The van der Waals surface area contributed by atoms with Crippen LogP contribution in [0.4, 0.5) is 18.9 Å². The van der Waals surface area contributed by atoms with Gasteiger partial charge in [-0.1, -0.05) is 12.1 Å². The standard InChI is InChI=1S/C23H18F3N5O2/c1-15-27-10-11-31(15)20-13-22(29-14-28-20)33-19-8-6-18(7-9-19)30-21(32)12-16-2-4-17(5-3-16)23(24,25)26/h2-11,13-14H,12H2,1H3,(H,30,32). The van der Waals surface area contributed by atoms with Gasteiger partial charge < -0.3 is 10.1 Å². The molecular formula is C23H18F3N5O2. The Bertz CT molecular complexity index is 1250. The van der Waals surface area contributed by atoms with Gasteiger partial charge >= 0.3 is 6.18 Å². The minimum atomic E-state index is -4.41. The Labute approximate surface area is 186 Å². The third-order valence-electron chi connectivity index (χ3n) is 4.71. The SMILES string of the molecule is Cc1nccn1-c1cc(Oc2ccc(NC(=O)Cc3ccc(C(F)(F)F)cc3)cc2)ncn1. The van der Waals surface area contributed by atoms with Crippen molar-refractivity contribution < 1.29 is 22.7 Å². The lowest BCUT2D eigenvalue weighted by Crippen LogP contribution is -2.14. The van der Waals surface area contributed by atoms with E-state index in [4.69, 9.17) is 4.74 Å². The van der Waals surface area contributed by atoms with E-state index in [1.807, 2.05) is 6.92 Å². The van der Waals surface area contributed by atoms with Crippen molar-refractivity contribution in [1.29, 1.82) is 0 Å². The summed E-state index contributed by atoms with van der Waals surface area (Å²) in [5.74, 6) is 1.88. The first-order chi connectivity index (χ1) is 15.8. The van der Waals surface area contributed by atoms with Crippen LogP contribution in [-0.2, 0) is 17.4 Å². The summed E-state index contributed by atoms with van der Waals surface area (Å²) in [5, 5.41) is 2.71. The quantitative estimate of drug-likeness (QED) is 0.446. The number of anilines is 1. The van der Waals surface area contributed by atoms with Crippen molar-refractivity contribution in [1.82, 2.24) is 19.5 Å². The van der Waals surface area contributed by atoms with E-state index in [1.54, 1.807) is 47.3 Å². The number of halogens is 3. The monoisotopic (exact) mass is 453 g/mol. The van der Waals surface area contributed by atoms with Crippen LogP contribution in [0.25, 0.3) is 5.82 Å². The van der Waals surface area contributed by atoms with Crippen molar-refractivity contribution in [2.45, 2.75) is 19.5 Å². The van der Waals surface area contributed by atoms with Crippen LogP contribution >= 0.6 is 0 Å². The first-order valence-electron chi connectivity index (χ1n) is 9.84. The Kier molecular flexibility index (Phi) is 6.07. The molecule has 0 saturated carbocycles. The van der Waals surface area contributed by atoms with Gasteiger partial charge in [0.05, 0.1) is 12.0 Å². The number of carbonyl (C=O) groups is 1. The number of ether oxygens (including phenoxy) is 1. The van der Waals surface area contributed by atoms with Crippen molar-refractivity contribution in [3.63, 3.8) is 0 Å². The first-order valence-corrected chi connectivity index (χ1v) is 9.84. The Hall–Kier alpha value is -4.21. The molecule has 0 saturated heterocycles. The number of nitrogens with zero attached hydrogens (tertiary/aromatic N) is 4. The van der Waals surface area contributed by atoms with Crippen molar-refractivity contribution in [2.75, 3.05) is 5.32 Å². The van der Waals surface area contributed by atoms with E-state index in [1.165, 1.54) is 18.5 Å². The van der Waals surface area contributed by atoms with E-state index in [-0.39, 0.29) is 12.3 Å². The summed E-state index contributed by atoms with van der Waals surface area (Å²) in [6.07, 6.45) is 0.385. The predicted molar refractivity (Wildman–Crippen MR) is 114 cm³/mol. The van der Waals surface area contributed by atoms with Gasteiger partial charge in [0.15, 0.2) is 0 Å². The highest BCUT2D eigenvalue weighted by Crippen LogP contribution is 2.29. The Balaban J connectivity index is 1.36. The highest BCUT2D eigenvalue weighted by atomic mass is 19.4. The van der Waals surface area contributed by atoms with Crippen LogP contribution in [0.1, 0.15) is 17.0 Å². The fourth-order valence-electron chi connectivity index (χ4n) is 3.07. The number of hydrogen-bond donors (Lipinski definition) is 1. The average Bonchev–Trinajstić information content (AvgIpc) is 3.21. The van der Waals surface area contributed by atoms with E-state index in [2.05, 4.69) is 20.3 Å². The lowest BCUT2D eigenvalue weighted by Gasteiger charge is -2.10. The second-order valence-electron chi connectivity index (χ2n) is 7.10. The van der Waals surface area contributed by atoms with Gasteiger partial charge in [-0.3, -0.25) is 9.36 Å². The van der Waals surface area contributed by atoms with Gasteiger partial charge in [-0.25, -0.2) is 15.0 Å². The first kappa shape index (κ1) is 22.0. The highest BCUT2D eigenvalue weighted by molar-refractivity contribution is 5.92. The molecule has 2 heterocycles. The second kappa shape index (κ2) is 9.11. The Morgan fingerprint density at radius 1 is 1.03 bits per heavy atom. The smallest absolute Gasteiger partial charge is 0.416 e. The molecule has 33 heavy (non-hydrogen) atoms. The van der Waals surface area contributed by atoms with Crippen LogP contribution < -0.4 is 10.1 Å². The molecule has 4 rings (SSSR count). The molecule has 4 aromatic rings. The van der Waals surface area contributed by atoms with Crippen LogP contribution in [0, 0.1) is 6.92 Å². The number of rotatable bonds is 6. The number of benzene rings is 2. The van der Waals surface area contributed by atoms with Gasteiger partial charge in [0.1, 0.15) is 23.7 Å². The van der Waals surface area contributed by atoms with Crippen molar-refractivity contribution in [3.05, 3.63) is 90.3 Å². The number of aryl methyl sites for hydroxylation is 1. The summed E-state index contributed by atoms with van der Waals surface area (Å²) in [6, 6.07) is 12.8. The van der Waals surface area contributed by atoms with Crippen molar-refractivity contribution in [2.24, 2.45) is 0 Å². The highest BCUT2D eigenvalue weighted by Gasteiger charge is 2.29. The van der Waals surface area contributed by atoms with E-state index in [9.17, 15) is 18.0 Å². The number of aromatic nitrogens is 4. The van der Waals surface area contributed by atoms with E-state index < -0.39 is 11.7 Å². The summed E-state index contributed by atoms with van der Waals surface area (Å²) in [6.45, 7) is 1.85. The summed E-state index contributed by atoms with van der Waals surface area (Å²) in [7, 11) is 0. The second-order valence-corrected chi connectivity index (χ2v) is 7.10. The zero-order valence-electron chi connectivity index (χ0n) is 17.4. The Morgan fingerprint density at radius 3 is 2.39 bits per heavy atom. The topological polar surface area (TPSA) is 81.9 Å². The number of imidazole rings is 1. The zero-order chi connectivity index (χ0) is 23.4. The van der Waals surface area contributed by atoms with E-state index in [0.29, 0.717) is 28.7 Å². The number of nitrogens with one attached hydrogen (secondary N) is 1. The van der Waals surface area contributed by atoms with Crippen LogP contribution in [0.15, 0.2) is 73.3 Å². The fourth-order valence-corrected chi connectivity index (χ4v) is 3.07. The minimum absolute atomic E-state index is 0.0478. The molecule has 1 amide bonds. The molecule has 0 radical (unpaired) electrons. The van der Waals surface area contributed by atoms with E-state index >= 15 is 0 Å². The number of carbonyl (C=O) groups excluding carboxylic acids is 1. The van der Waals surface area contributed by atoms with Crippen molar-refractivity contribution >= 4 is 11.6 Å². The Morgan fingerprint density at radius 2 is 1.76 bits per heavy atom. The normalized spacial score (nSPS) is 11.3. The van der Waals surface area contributed by atoms with Gasteiger partial charge in [0.25, 0.3) is 0 Å². The molecule has 0 aliphatic heterocycles. The number of hydrogen-bond acceptors (Lipinski definition) is 5. The maximum atomic E-state index is 12.6. The van der Waals surface area contributed by atoms with Gasteiger partial charge in [0.2, 0.25) is 11.8 Å². The molecule has 10 heteroatoms. The van der Waals surface area contributed by atoms with Gasteiger partial charge in [-0.15, -0.1) is 0 Å². The molecular weight excluding hydrogens is 435 g/mol. The molecule has 0 aliphatic carbocycles. The number of alkyl halides is 3. The third-order valence-corrected chi connectivity index (χ3v) is 4.71.